The molecule has 1 aromatic rings. The third-order valence-electron chi connectivity index (χ3n) is 5.47. The number of methoxy groups -OCH3 is 1. The third-order valence-corrected chi connectivity index (χ3v) is 6.51. The molecule has 3 fully saturated rings. The van der Waals surface area contributed by atoms with Crippen molar-refractivity contribution < 1.29 is 9.53 Å². The summed E-state index contributed by atoms with van der Waals surface area (Å²) >= 11 is 1.26. The highest BCUT2D eigenvalue weighted by Gasteiger charge is 2.65. The molecule has 5 nitrogen and oxygen atoms in total. The average Bonchev–Trinajstić information content (AvgIpc) is 2.82. The van der Waals surface area contributed by atoms with Gasteiger partial charge in [0, 0.05) is 6.04 Å². The minimum atomic E-state index is -0.471. The number of nitrogens with zero attached hydrogens (tertiary/aromatic N) is 1. The van der Waals surface area contributed by atoms with Crippen molar-refractivity contribution in [1.29, 1.82) is 5.26 Å². The van der Waals surface area contributed by atoms with Gasteiger partial charge in [-0.3, -0.25) is 0 Å². The van der Waals surface area contributed by atoms with E-state index in [4.69, 9.17) is 15.7 Å². The van der Waals surface area contributed by atoms with Gasteiger partial charge >= 0.3 is 5.97 Å². The van der Waals surface area contributed by atoms with Crippen molar-refractivity contribution in [1.82, 2.24) is 0 Å². The summed E-state index contributed by atoms with van der Waals surface area (Å²) in [6, 6.07) is 2.50. The van der Waals surface area contributed by atoms with Crippen LogP contribution in [0.5, 0.6) is 0 Å². The van der Waals surface area contributed by atoms with Crippen molar-refractivity contribution in [2.45, 2.75) is 25.3 Å². The number of hydrogen-bond donors (Lipinski definition) is 2. The van der Waals surface area contributed by atoms with Gasteiger partial charge in [-0.1, -0.05) is 0 Å². The van der Waals surface area contributed by atoms with Crippen LogP contribution < -0.4 is 11.1 Å². The number of nitriles is 1. The topological polar surface area (TPSA) is 88.1 Å². The lowest BCUT2D eigenvalue weighted by Crippen LogP contribution is -2.14. The van der Waals surface area contributed by atoms with Gasteiger partial charge in [-0.25, -0.2) is 4.79 Å². The predicted molar refractivity (Wildman–Crippen MR) is 80.0 cm³/mol. The fourth-order valence-electron chi connectivity index (χ4n) is 4.60. The van der Waals surface area contributed by atoms with Crippen molar-refractivity contribution in [3.05, 3.63) is 10.4 Å². The van der Waals surface area contributed by atoms with Gasteiger partial charge in [0.25, 0.3) is 0 Å². The molecule has 3 aliphatic rings. The number of fused-ring (bicyclic) bond motifs is 5. The predicted octanol–water partition coefficient (Wildman–Crippen LogP) is 2.44. The maximum absolute atomic E-state index is 11.9. The van der Waals surface area contributed by atoms with E-state index in [9.17, 15) is 4.79 Å². The third kappa shape index (κ3) is 1.70. The van der Waals surface area contributed by atoms with E-state index in [1.165, 1.54) is 37.7 Å². The van der Waals surface area contributed by atoms with Crippen LogP contribution in [0.25, 0.3) is 0 Å². The Morgan fingerprint density at radius 1 is 1.43 bits per heavy atom. The van der Waals surface area contributed by atoms with Crippen LogP contribution in [-0.4, -0.2) is 19.1 Å². The van der Waals surface area contributed by atoms with E-state index >= 15 is 0 Å². The highest BCUT2D eigenvalue weighted by molar-refractivity contribution is 7.17. The fraction of sp³-hybridized carbons (Fsp3) is 0.600. The molecule has 4 unspecified atom stereocenters. The maximum Gasteiger partial charge on any atom is 0.343 e. The van der Waals surface area contributed by atoms with Gasteiger partial charge in [0.1, 0.15) is 21.5 Å². The molecule has 1 heterocycles. The van der Waals surface area contributed by atoms with Gasteiger partial charge in [-0.2, -0.15) is 5.26 Å². The molecule has 0 aliphatic heterocycles. The molecule has 6 heteroatoms. The Labute approximate surface area is 127 Å². The zero-order valence-corrected chi connectivity index (χ0v) is 12.6. The summed E-state index contributed by atoms with van der Waals surface area (Å²) in [4.78, 5) is 12.3. The van der Waals surface area contributed by atoms with Gasteiger partial charge in [0.2, 0.25) is 0 Å². The number of carbonyl (C=O) groups excluding carboxylic acids is 1. The Morgan fingerprint density at radius 3 is 2.67 bits per heavy atom. The lowest BCUT2D eigenvalue weighted by molar-refractivity contribution is 0.0603. The van der Waals surface area contributed by atoms with Crippen LogP contribution in [0.1, 0.15) is 34.5 Å². The summed E-state index contributed by atoms with van der Waals surface area (Å²) in [5.41, 5.74) is 6.49. The lowest BCUT2D eigenvalue weighted by atomic mass is 10.0. The van der Waals surface area contributed by atoms with E-state index in [2.05, 4.69) is 11.4 Å². The van der Waals surface area contributed by atoms with Crippen LogP contribution in [0.15, 0.2) is 0 Å². The summed E-state index contributed by atoms with van der Waals surface area (Å²) in [6.45, 7) is 0. The number of thiophene rings is 1. The normalized spacial score (nSPS) is 35.1. The molecule has 4 atom stereocenters. The molecular weight excluding hydrogens is 286 g/mol. The first kappa shape index (κ1) is 13.0. The summed E-state index contributed by atoms with van der Waals surface area (Å²) < 4.78 is 4.80. The van der Waals surface area contributed by atoms with E-state index in [0.717, 1.165) is 23.7 Å². The monoisotopic (exact) mass is 303 g/mol. The van der Waals surface area contributed by atoms with Gasteiger partial charge < -0.3 is 15.8 Å². The van der Waals surface area contributed by atoms with E-state index in [-0.39, 0.29) is 5.69 Å². The van der Waals surface area contributed by atoms with Crippen molar-refractivity contribution >= 4 is 28.0 Å². The van der Waals surface area contributed by atoms with Crippen molar-refractivity contribution in [3.63, 3.8) is 0 Å². The number of anilines is 2. The zero-order valence-electron chi connectivity index (χ0n) is 11.8. The number of esters is 1. The summed E-state index contributed by atoms with van der Waals surface area (Å²) in [5.74, 6) is 2.74. The maximum atomic E-state index is 11.9. The quantitative estimate of drug-likeness (QED) is 0.837. The second-order valence-electron chi connectivity index (χ2n) is 6.31. The molecule has 3 aliphatic carbocycles. The fourth-order valence-corrected chi connectivity index (χ4v) is 5.56. The average molecular weight is 303 g/mol. The second-order valence-corrected chi connectivity index (χ2v) is 7.33. The van der Waals surface area contributed by atoms with E-state index in [0.29, 0.717) is 21.5 Å². The minimum absolute atomic E-state index is 0.241. The SMILES string of the molecule is COC(=O)c1c(NC2C3C4CCC(C4)C23)sc(C#N)c1N. The molecule has 0 amide bonds. The zero-order chi connectivity index (χ0) is 14.7. The Bertz CT molecular complexity index is 647. The van der Waals surface area contributed by atoms with Crippen LogP contribution in [0, 0.1) is 35.0 Å². The van der Waals surface area contributed by atoms with Crippen LogP contribution in [0.2, 0.25) is 0 Å². The van der Waals surface area contributed by atoms with Crippen LogP contribution in [0.3, 0.4) is 0 Å². The molecule has 3 N–H and O–H groups in total. The first-order chi connectivity index (χ1) is 10.2. The lowest BCUT2D eigenvalue weighted by Gasteiger charge is -2.11. The first-order valence-corrected chi connectivity index (χ1v) is 8.14. The Hall–Kier alpha value is -1.74. The minimum Gasteiger partial charge on any atom is -0.465 e. The van der Waals surface area contributed by atoms with Crippen LogP contribution >= 0.6 is 11.3 Å². The molecule has 0 aromatic carbocycles. The number of nitrogens with one attached hydrogen (secondary N) is 1. The second kappa shape index (κ2) is 4.38. The van der Waals surface area contributed by atoms with E-state index in [1.807, 2.05) is 0 Å². The highest BCUT2D eigenvalue weighted by atomic mass is 32.1. The highest BCUT2D eigenvalue weighted by Crippen LogP contribution is 2.66. The van der Waals surface area contributed by atoms with Gasteiger partial charge in [0.05, 0.1) is 12.8 Å². The van der Waals surface area contributed by atoms with Crippen LogP contribution in [0.4, 0.5) is 10.7 Å². The number of hydrogen-bond acceptors (Lipinski definition) is 6. The smallest absolute Gasteiger partial charge is 0.343 e. The molecule has 0 spiro atoms. The molecule has 0 saturated heterocycles. The van der Waals surface area contributed by atoms with Crippen molar-refractivity contribution in [2.24, 2.45) is 23.7 Å². The van der Waals surface area contributed by atoms with Crippen LogP contribution in [-0.2, 0) is 4.74 Å². The molecule has 3 saturated carbocycles. The van der Waals surface area contributed by atoms with Crippen molar-refractivity contribution in [2.75, 3.05) is 18.2 Å². The molecule has 2 bridgehead atoms. The van der Waals surface area contributed by atoms with E-state index < -0.39 is 5.97 Å². The molecule has 0 radical (unpaired) electrons. The summed E-state index contributed by atoms with van der Waals surface area (Å²) in [5, 5.41) is 13.3. The van der Waals surface area contributed by atoms with E-state index in [1.54, 1.807) is 0 Å². The largest absolute Gasteiger partial charge is 0.465 e. The standard InChI is InChI=1S/C15H17N3O2S/c1-20-15(19)11-12(17)8(5-16)21-14(11)18-13-9-6-2-3-7(4-6)10(9)13/h6-7,9-10,13,18H,2-4,17H2,1H3. The molecule has 1 aromatic heterocycles. The molecule has 21 heavy (non-hydrogen) atoms. The molecule has 110 valence electrons. The molecule has 4 rings (SSSR count). The first-order valence-electron chi connectivity index (χ1n) is 7.33. The molecular formula is C15H17N3O2S. The summed E-state index contributed by atoms with van der Waals surface area (Å²) in [7, 11) is 1.33. The number of rotatable bonds is 3. The number of ether oxygens (including phenoxy) is 1. The van der Waals surface area contributed by atoms with Gasteiger partial charge in [0.15, 0.2) is 0 Å². The number of carbonyl (C=O) groups is 1. The Balaban J connectivity index is 1.61. The van der Waals surface area contributed by atoms with Gasteiger partial charge in [-0.05, 0) is 42.9 Å². The van der Waals surface area contributed by atoms with Crippen molar-refractivity contribution in [3.8, 4) is 6.07 Å². The Morgan fingerprint density at radius 2 is 2.10 bits per heavy atom. The summed E-state index contributed by atoms with van der Waals surface area (Å²) in [6.07, 6.45) is 4.08. The number of nitrogen functional groups attached to an aromatic ring is 1. The van der Waals surface area contributed by atoms with Gasteiger partial charge in [-0.15, -0.1) is 11.3 Å². The Kier molecular flexibility index (Phi) is 2.70. The number of nitrogens with two attached hydrogens (primary N) is 1.